The fraction of sp³-hybridized carbons (Fsp3) is 0.846. The van der Waals surface area contributed by atoms with Crippen LogP contribution >= 0.6 is 11.8 Å². The molecule has 0 aromatic heterocycles. The first-order valence-electron chi connectivity index (χ1n) is 6.83. The molecule has 1 saturated carbocycles. The lowest BCUT2D eigenvalue weighted by Gasteiger charge is -2.24. The van der Waals surface area contributed by atoms with Crippen LogP contribution in [-0.4, -0.2) is 40.6 Å². The van der Waals surface area contributed by atoms with E-state index in [9.17, 15) is 4.79 Å². The number of amides is 1. The number of hydrogen-bond donors (Lipinski definition) is 1. The molecule has 4 atom stereocenters. The second-order valence-corrected chi connectivity index (χ2v) is 6.56. The first kappa shape index (κ1) is 12.3. The van der Waals surface area contributed by atoms with Gasteiger partial charge in [0.2, 0.25) is 5.91 Å². The lowest BCUT2D eigenvalue weighted by atomic mass is 9.85. The summed E-state index contributed by atoms with van der Waals surface area (Å²) < 4.78 is 0. The first-order valence-corrected chi connectivity index (χ1v) is 7.99. The molecule has 2 heterocycles. The Hall–Kier alpha value is -0.730. The third kappa shape index (κ3) is 2.12. The molecule has 1 N–H and O–H groups in total. The van der Waals surface area contributed by atoms with E-state index >= 15 is 0 Å². The van der Waals surface area contributed by atoms with E-state index in [1.807, 2.05) is 0 Å². The van der Waals surface area contributed by atoms with Gasteiger partial charge in [-0.05, 0) is 25.2 Å². The van der Waals surface area contributed by atoms with Crippen LogP contribution in [-0.2, 0) is 4.79 Å². The monoisotopic (exact) mass is 265 g/mol. The van der Waals surface area contributed by atoms with Crippen LogP contribution in [0.5, 0.6) is 0 Å². The van der Waals surface area contributed by atoms with Gasteiger partial charge in [-0.15, -0.1) is 11.8 Å². The predicted octanol–water partition coefficient (Wildman–Crippen LogP) is 1.33. The maximum atomic E-state index is 12.5. The smallest absolute Gasteiger partial charge is 0.241 e. The zero-order chi connectivity index (χ0) is 12.5. The summed E-state index contributed by atoms with van der Waals surface area (Å²) in [6, 6.07) is 2.53. The number of rotatable bonds is 1. The third-order valence-corrected chi connectivity index (χ3v) is 5.49. The highest BCUT2D eigenvalue weighted by molar-refractivity contribution is 7.99. The van der Waals surface area contributed by atoms with Crippen molar-refractivity contribution in [1.29, 1.82) is 5.26 Å². The van der Waals surface area contributed by atoms with E-state index in [0.717, 1.165) is 12.2 Å². The molecule has 2 unspecified atom stereocenters. The summed E-state index contributed by atoms with van der Waals surface area (Å²) in [6.45, 7) is 0. The van der Waals surface area contributed by atoms with Gasteiger partial charge in [0.25, 0.3) is 0 Å². The van der Waals surface area contributed by atoms with E-state index in [-0.39, 0.29) is 18.0 Å². The Kier molecular flexibility index (Phi) is 3.49. The zero-order valence-corrected chi connectivity index (χ0v) is 11.3. The van der Waals surface area contributed by atoms with Crippen LogP contribution in [0, 0.1) is 17.2 Å². The molecule has 1 aliphatic carbocycles. The van der Waals surface area contributed by atoms with Gasteiger partial charge >= 0.3 is 0 Å². The maximum Gasteiger partial charge on any atom is 0.241 e. The van der Waals surface area contributed by atoms with Gasteiger partial charge in [0.05, 0.1) is 18.0 Å². The highest BCUT2D eigenvalue weighted by Crippen LogP contribution is 2.34. The highest BCUT2D eigenvalue weighted by atomic mass is 32.2. The van der Waals surface area contributed by atoms with Gasteiger partial charge in [0.15, 0.2) is 0 Å². The molecule has 0 bridgehead atoms. The SMILES string of the molecule is N#C[C@@H]1CSCN1C(=O)[C@@H]1CC2CCCCC2N1. The Morgan fingerprint density at radius 2 is 2.22 bits per heavy atom. The van der Waals surface area contributed by atoms with Crippen molar-refractivity contribution in [3.63, 3.8) is 0 Å². The molecule has 5 heteroatoms. The van der Waals surface area contributed by atoms with Crippen molar-refractivity contribution in [1.82, 2.24) is 10.2 Å². The average Bonchev–Trinajstić information content (AvgIpc) is 3.03. The van der Waals surface area contributed by atoms with Crippen molar-refractivity contribution in [2.45, 2.75) is 50.2 Å². The molecule has 0 aromatic carbocycles. The quantitative estimate of drug-likeness (QED) is 0.777. The topological polar surface area (TPSA) is 56.1 Å². The summed E-state index contributed by atoms with van der Waals surface area (Å²) in [4.78, 5) is 14.2. The summed E-state index contributed by atoms with van der Waals surface area (Å²) in [5.41, 5.74) is 0. The Labute approximate surface area is 112 Å². The van der Waals surface area contributed by atoms with Crippen LogP contribution in [0.15, 0.2) is 0 Å². The maximum absolute atomic E-state index is 12.5. The Morgan fingerprint density at radius 3 is 3.00 bits per heavy atom. The summed E-state index contributed by atoms with van der Waals surface area (Å²) in [5, 5.41) is 12.6. The van der Waals surface area contributed by atoms with Gasteiger partial charge < -0.3 is 10.2 Å². The number of nitrogens with one attached hydrogen (secondary N) is 1. The van der Waals surface area contributed by atoms with Crippen molar-refractivity contribution in [3.8, 4) is 6.07 Å². The lowest BCUT2D eigenvalue weighted by Crippen LogP contribution is -2.47. The van der Waals surface area contributed by atoms with Crippen LogP contribution in [0.1, 0.15) is 32.1 Å². The van der Waals surface area contributed by atoms with Crippen molar-refractivity contribution < 1.29 is 4.79 Å². The molecule has 3 aliphatic rings. The van der Waals surface area contributed by atoms with Gasteiger partial charge in [0.1, 0.15) is 6.04 Å². The van der Waals surface area contributed by atoms with Gasteiger partial charge in [-0.3, -0.25) is 4.79 Å². The van der Waals surface area contributed by atoms with Crippen molar-refractivity contribution in [2.75, 3.05) is 11.6 Å². The highest BCUT2D eigenvalue weighted by Gasteiger charge is 2.41. The van der Waals surface area contributed by atoms with Crippen LogP contribution in [0.3, 0.4) is 0 Å². The molecule has 2 saturated heterocycles. The minimum absolute atomic E-state index is 0.0346. The fourth-order valence-electron chi connectivity index (χ4n) is 3.48. The minimum Gasteiger partial charge on any atom is -0.315 e. The Balaban J connectivity index is 1.65. The summed E-state index contributed by atoms with van der Waals surface area (Å²) >= 11 is 1.68. The molecule has 98 valence electrons. The molecule has 3 fully saturated rings. The molecule has 0 spiro atoms. The standard InChI is InChI=1S/C13H19N3OS/c14-6-10-7-18-8-16(10)13(17)12-5-9-3-1-2-4-11(9)15-12/h9-12,15H,1-5,7-8H2/t9?,10-,11?,12+/m1/s1. The third-order valence-electron chi connectivity index (χ3n) is 4.48. The summed E-state index contributed by atoms with van der Waals surface area (Å²) in [5.74, 6) is 2.29. The lowest BCUT2D eigenvalue weighted by molar-refractivity contribution is -0.132. The second-order valence-electron chi connectivity index (χ2n) is 5.56. The molecule has 0 aromatic rings. The number of thioether (sulfide) groups is 1. The predicted molar refractivity (Wildman–Crippen MR) is 70.9 cm³/mol. The number of carbonyl (C=O) groups is 1. The largest absolute Gasteiger partial charge is 0.315 e. The van der Waals surface area contributed by atoms with Crippen LogP contribution in [0.2, 0.25) is 0 Å². The Morgan fingerprint density at radius 1 is 1.39 bits per heavy atom. The molecular weight excluding hydrogens is 246 g/mol. The second kappa shape index (κ2) is 5.10. The fourth-order valence-corrected chi connectivity index (χ4v) is 4.56. The molecule has 2 aliphatic heterocycles. The van der Waals surface area contributed by atoms with E-state index in [1.165, 1.54) is 25.7 Å². The number of fused-ring (bicyclic) bond motifs is 1. The van der Waals surface area contributed by atoms with Gasteiger partial charge in [-0.2, -0.15) is 5.26 Å². The van der Waals surface area contributed by atoms with Crippen LogP contribution in [0.25, 0.3) is 0 Å². The van der Waals surface area contributed by atoms with Gasteiger partial charge in [-0.1, -0.05) is 12.8 Å². The van der Waals surface area contributed by atoms with E-state index in [4.69, 9.17) is 5.26 Å². The molecule has 18 heavy (non-hydrogen) atoms. The number of nitrogens with zero attached hydrogens (tertiary/aromatic N) is 2. The number of nitriles is 1. The van der Waals surface area contributed by atoms with E-state index in [2.05, 4.69) is 11.4 Å². The average molecular weight is 265 g/mol. The van der Waals surface area contributed by atoms with Crippen LogP contribution < -0.4 is 5.32 Å². The van der Waals surface area contributed by atoms with Crippen molar-refractivity contribution in [3.05, 3.63) is 0 Å². The summed E-state index contributed by atoms with van der Waals surface area (Å²) in [6.07, 6.45) is 6.05. The minimum atomic E-state index is -0.216. The van der Waals surface area contributed by atoms with Gasteiger partial charge in [-0.25, -0.2) is 0 Å². The normalized spacial score (nSPS) is 39.4. The molecular formula is C13H19N3OS. The number of carbonyl (C=O) groups excluding carboxylic acids is 1. The van der Waals surface area contributed by atoms with E-state index in [0.29, 0.717) is 17.8 Å². The molecule has 0 radical (unpaired) electrons. The van der Waals surface area contributed by atoms with Gasteiger partial charge in [0, 0.05) is 11.8 Å². The molecule has 1 amide bonds. The summed E-state index contributed by atoms with van der Waals surface area (Å²) in [7, 11) is 0. The Bertz CT molecular complexity index is 367. The van der Waals surface area contributed by atoms with Crippen molar-refractivity contribution in [2.24, 2.45) is 5.92 Å². The molecule has 3 rings (SSSR count). The first-order chi connectivity index (χ1) is 8.79. The zero-order valence-electron chi connectivity index (χ0n) is 10.5. The van der Waals surface area contributed by atoms with Crippen molar-refractivity contribution >= 4 is 17.7 Å². The van der Waals surface area contributed by atoms with Crippen LogP contribution in [0.4, 0.5) is 0 Å². The molecule has 4 nitrogen and oxygen atoms in total. The van der Waals surface area contributed by atoms with E-state index < -0.39 is 0 Å². The number of hydrogen-bond acceptors (Lipinski definition) is 4. The van der Waals surface area contributed by atoms with E-state index in [1.54, 1.807) is 16.7 Å².